The minimum absolute atomic E-state index is 0.359. The number of fused-ring (bicyclic) bond motifs is 4. The summed E-state index contributed by atoms with van der Waals surface area (Å²) in [5.74, 6) is 1.57. The number of aromatic nitrogens is 3. The quantitative estimate of drug-likeness (QED) is 0.274. The number of hydrogen-bond donors (Lipinski definition) is 0. The predicted octanol–water partition coefficient (Wildman–Crippen LogP) is 8.23. The van der Waals surface area contributed by atoms with Crippen LogP contribution >= 0.6 is 0 Å². The van der Waals surface area contributed by atoms with Crippen LogP contribution < -0.4 is 0 Å². The van der Waals surface area contributed by atoms with Crippen molar-refractivity contribution < 1.29 is 4.42 Å². The van der Waals surface area contributed by atoms with Crippen molar-refractivity contribution >= 4 is 33.1 Å². The zero-order valence-corrected chi connectivity index (χ0v) is 19.9. The minimum atomic E-state index is 0.359. The van der Waals surface area contributed by atoms with Crippen LogP contribution in [0.25, 0.3) is 50.2 Å². The molecule has 6 rings (SSSR count). The van der Waals surface area contributed by atoms with E-state index in [1.807, 2.05) is 24.4 Å². The van der Waals surface area contributed by atoms with Crippen molar-refractivity contribution in [2.75, 3.05) is 0 Å². The van der Waals surface area contributed by atoms with Gasteiger partial charge in [-0.3, -0.25) is 4.57 Å². The summed E-state index contributed by atoms with van der Waals surface area (Å²) >= 11 is 0. The van der Waals surface area contributed by atoms with Gasteiger partial charge in [0.25, 0.3) is 0 Å². The molecule has 34 heavy (non-hydrogen) atoms. The van der Waals surface area contributed by atoms with E-state index in [1.54, 1.807) is 0 Å². The molecule has 0 saturated carbocycles. The Bertz CT molecular complexity index is 1640. The Kier molecular flexibility index (Phi) is 4.77. The van der Waals surface area contributed by atoms with Gasteiger partial charge in [-0.1, -0.05) is 76.2 Å². The van der Waals surface area contributed by atoms with Crippen molar-refractivity contribution in [1.82, 2.24) is 14.5 Å². The van der Waals surface area contributed by atoms with Crippen LogP contribution in [0.5, 0.6) is 0 Å². The highest BCUT2D eigenvalue weighted by Crippen LogP contribution is 2.40. The Morgan fingerprint density at radius 2 is 1.44 bits per heavy atom. The molecule has 0 bridgehead atoms. The molecule has 0 spiro atoms. The monoisotopic (exact) mass is 445 g/mol. The van der Waals surface area contributed by atoms with Gasteiger partial charge in [-0.25, -0.2) is 9.97 Å². The third-order valence-electron chi connectivity index (χ3n) is 6.64. The smallest absolute Gasteiger partial charge is 0.178 e. The number of furan rings is 1. The summed E-state index contributed by atoms with van der Waals surface area (Å²) < 4.78 is 8.71. The molecule has 4 nitrogen and oxygen atoms in total. The van der Waals surface area contributed by atoms with Crippen LogP contribution in [0.3, 0.4) is 0 Å². The van der Waals surface area contributed by atoms with Crippen LogP contribution in [0.1, 0.15) is 50.7 Å². The number of benzene rings is 3. The Balaban J connectivity index is 1.77. The van der Waals surface area contributed by atoms with E-state index in [4.69, 9.17) is 9.40 Å². The van der Waals surface area contributed by atoms with Gasteiger partial charge in [-0.15, -0.1) is 0 Å². The van der Waals surface area contributed by atoms with E-state index < -0.39 is 0 Å². The van der Waals surface area contributed by atoms with E-state index >= 15 is 0 Å². The fraction of sp³-hybridized carbons (Fsp3) is 0.200. The molecule has 3 heterocycles. The maximum Gasteiger partial charge on any atom is 0.178 e. The van der Waals surface area contributed by atoms with Gasteiger partial charge in [0, 0.05) is 17.0 Å². The molecular weight excluding hydrogens is 418 g/mol. The summed E-state index contributed by atoms with van der Waals surface area (Å²) in [7, 11) is 0. The molecule has 0 aliphatic rings. The van der Waals surface area contributed by atoms with Gasteiger partial charge in [0.1, 0.15) is 11.2 Å². The zero-order chi connectivity index (χ0) is 23.4. The second-order valence-corrected chi connectivity index (χ2v) is 9.49. The summed E-state index contributed by atoms with van der Waals surface area (Å²) in [6.45, 7) is 9.00. The van der Waals surface area contributed by atoms with Gasteiger partial charge in [0.15, 0.2) is 11.5 Å². The molecule has 0 fully saturated rings. The van der Waals surface area contributed by atoms with Crippen molar-refractivity contribution in [2.24, 2.45) is 0 Å². The van der Waals surface area contributed by atoms with Crippen molar-refractivity contribution in [1.29, 1.82) is 0 Å². The molecule has 3 aromatic heterocycles. The average Bonchev–Trinajstić information content (AvgIpc) is 3.42. The highest BCUT2D eigenvalue weighted by molar-refractivity contribution is 6.09. The Labute approximate surface area is 198 Å². The normalized spacial score (nSPS) is 12.1. The summed E-state index contributed by atoms with van der Waals surface area (Å²) in [5, 5.41) is 2.21. The molecule has 0 aliphatic carbocycles. The maximum absolute atomic E-state index is 6.41. The fourth-order valence-corrected chi connectivity index (χ4v) is 5.01. The van der Waals surface area contributed by atoms with E-state index in [1.165, 1.54) is 16.8 Å². The second-order valence-electron chi connectivity index (χ2n) is 9.49. The third kappa shape index (κ3) is 3.06. The number of para-hydroxylation sites is 3. The first-order valence-electron chi connectivity index (χ1n) is 11.9. The largest absolute Gasteiger partial charge is 0.455 e. The van der Waals surface area contributed by atoms with Gasteiger partial charge in [0.2, 0.25) is 0 Å². The average molecular weight is 446 g/mol. The van der Waals surface area contributed by atoms with Crippen molar-refractivity contribution in [3.05, 3.63) is 90.1 Å². The van der Waals surface area contributed by atoms with E-state index in [0.717, 1.165) is 44.5 Å². The maximum atomic E-state index is 6.41. The van der Waals surface area contributed by atoms with Gasteiger partial charge in [-0.05, 0) is 47.2 Å². The molecule has 0 atom stereocenters. The molecule has 0 unspecified atom stereocenters. The highest BCUT2D eigenvalue weighted by Gasteiger charge is 2.24. The van der Waals surface area contributed by atoms with Crippen molar-refractivity contribution in [2.45, 2.75) is 39.5 Å². The molecule has 0 amide bonds. The number of hydrogen-bond acceptors (Lipinski definition) is 3. The molecule has 0 N–H and O–H groups in total. The van der Waals surface area contributed by atoms with Gasteiger partial charge in [-0.2, -0.15) is 0 Å². The lowest BCUT2D eigenvalue weighted by atomic mass is 9.92. The van der Waals surface area contributed by atoms with Crippen LogP contribution in [-0.4, -0.2) is 14.5 Å². The Morgan fingerprint density at radius 1 is 0.735 bits per heavy atom. The highest BCUT2D eigenvalue weighted by atomic mass is 16.3. The van der Waals surface area contributed by atoms with Gasteiger partial charge in [0.05, 0.1) is 16.8 Å². The van der Waals surface area contributed by atoms with E-state index in [-0.39, 0.29) is 0 Å². The van der Waals surface area contributed by atoms with Gasteiger partial charge >= 0.3 is 0 Å². The number of pyridine rings is 1. The lowest BCUT2D eigenvalue weighted by molar-refractivity contribution is 0.669. The SMILES string of the molecule is CC(C)c1cccc(C(C)C)c1-n1c(-c2cccc3c2oc2ccccc23)nc2ncccc21. The van der Waals surface area contributed by atoms with Crippen molar-refractivity contribution in [3.8, 4) is 17.1 Å². The number of rotatable bonds is 4. The van der Waals surface area contributed by atoms with E-state index in [9.17, 15) is 0 Å². The van der Waals surface area contributed by atoms with Crippen LogP contribution in [0, 0.1) is 0 Å². The summed E-state index contributed by atoms with van der Waals surface area (Å²) in [6.07, 6.45) is 1.81. The standard InChI is InChI=1S/C30H27N3O/c1-18(2)20-11-7-12-21(19(3)4)27(20)33-25-15-9-17-31-29(25)32-30(33)24-14-8-13-23-22-10-5-6-16-26(22)34-28(23)24/h5-19H,1-4H3. The molecule has 3 aromatic carbocycles. The van der Waals surface area contributed by atoms with E-state index in [2.05, 4.69) is 91.8 Å². The summed E-state index contributed by atoms with van der Waals surface area (Å²) in [6, 6.07) is 25.3. The first kappa shape index (κ1) is 20.7. The fourth-order valence-electron chi connectivity index (χ4n) is 5.01. The molecular formula is C30H27N3O. The Hall–Kier alpha value is -3.92. The first-order valence-corrected chi connectivity index (χ1v) is 11.9. The molecule has 168 valence electrons. The zero-order valence-electron chi connectivity index (χ0n) is 19.9. The molecule has 0 aliphatic heterocycles. The topological polar surface area (TPSA) is 43.9 Å². The predicted molar refractivity (Wildman–Crippen MR) is 140 cm³/mol. The Morgan fingerprint density at radius 3 is 2.21 bits per heavy atom. The van der Waals surface area contributed by atoms with Crippen molar-refractivity contribution in [3.63, 3.8) is 0 Å². The van der Waals surface area contributed by atoms with Crippen LogP contribution in [0.4, 0.5) is 0 Å². The summed E-state index contributed by atoms with van der Waals surface area (Å²) in [4.78, 5) is 9.70. The lowest BCUT2D eigenvalue weighted by Gasteiger charge is -2.22. The van der Waals surface area contributed by atoms with Crippen LogP contribution in [-0.2, 0) is 0 Å². The third-order valence-corrected chi connectivity index (χ3v) is 6.64. The molecule has 0 saturated heterocycles. The molecule has 4 heteroatoms. The minimum Gasteiger partial charge on any atom is -0.455 e. The molecule has 0 radical (unpaired) electrons. The number of nitrogens with zero attached hydrogens (tertiary/aromatic N) is 3. The number of imidazole rings is 1. The lowest BCUT2D eigenvalue weighted by Crippen LogP contribution is -2.08. The van der Waals surface area contributed by atoms with E-state index in [0.29, 0.717) is 11.8 Å². The van der Waals surface area contributed by atoms with Crippen LogP contribution in [0.15, 0.2) is 83.4 Å². The second kappa shape index (κ2) is 7.84. The molecule has 6 aromatic rings. The first-order chi connectivity index (χ1) is 16.5. The summed E-state index contributed by atoms with van der Waals surface area (Å²) in [5.41, 5.74) is 8.25. The van der Waals surface area contributed by atoms with Crippen LogP contribution in [0.2, 0.25) is 0 Å². The van der Waals surface area contributed by atoms with Gasteiger partial charge < -0.3 is 4.42 Å².